The summed E-state index contributed by atoms with van der Waals surface area (Å²) in [4.78, 5) is 32.1. The molecule has 2 N–H and O–H groups in total. The van der Waals surface area contributed by atoms with E-state index in [1.165, 1.54) is 0 Å². The van der Waals surface area contributed by atoms with E-state index < -0.39 is 0 Å². The lowest BCUT2D eigenvalue weighted by atomic mass is 10.2. The molecule has 26 heavy (non-hydrogen) atoms. The number of methoxy groups -OCH3 is 2. The largest absolute Gasteiger partial charge is 0.384 e. The van der Waals surface area contributed by atoms with Crippen LogP contribution in [0.15, 0.2) is 36.7 Å². The summed E-state index contributed by atoms with van der Waals surface area (Å²) in [7, 11) is 3.09. The van der Waals surface area contributed by atoms with Crippen molar-refractivity contribution in [2.45, 2.75) is 12.8 Å². The number of anilines is 2. The molecule has 2 heterocycles. The number of hydrogen-bond acceptors (Lipinski definition) is 6. The van der Waals surface area contributed by atoms with Gasteiger partial charge in [-0.25, -0.2) is 0 Å². The molecule has 0 aliphatic rings. The fraction of sp³-hybridized carbons (Fsp3) is 0.333. The first-order valence-corrected chi connectivity index (χ1v) is 8.12. The molecular formula is C18H22N4O4. The molecule has 0 aliphatic carbocycles. The minimum absolute atomic E-state index is 0.142. The van der Waals surface area contributed by atoms with Gasteiger partial charge in [-0.1, -0.05) is 0 Å². The zero-order valence-electron chi connectivity index (χ0n) is 14.8. The van der Waals surface area contributed by atoms with Gasteiger partial charge in [-0.3, -0.25) is 19.6 Å². The Labute approximate surface area is 151 Å². The Morgan fingerprint density at radius 3 is 1.65 bits per heavy atom. The predicted molar refractivity (Wildman–Crippen MR) is 97.7 cm³/mol. The third kappa shape index (κ3) is 6.23. The lowest BCUT2D eigenvalue weighted by Gasteiger charge is -2.08. The third-order valence-electron chi connectivity index (χ3n) is 3.42. The Kier molecular flexibility index (Phi) is 7.66. The molecule has 0 unspecified atom stereocenters. The highest BCUT2D eigenvalue weighted by molar-refractivity contribution is 5.92. The molecule has 0 saturated heterocycles. The standard InChI is InChI=1S/C18H22N4O4/c1-25-9-5-17(23)21-13-3-7-19-15(11-13)16-12-14(4-8-20-16)22-18(24)6-10-26-2/h3-4,7-8,11-12H,5-6,9-10H2,1-2H3,(H,19,21,23)(H,20,22,24). The number of pyridine rings is 2. The Hall–Kier alpha value is -2.84. The molecular weight excluding hydrogens is 336 g/mol. The fourth-order valence-electron chi connectivity index (χ4n) is 2.13. The van der Waals surface area contributed by atoms with Gasteiger partial charge in [0.25, 0.3) is 0 Å². The molecule has 0 spiro atoms. The van der Waals surface area contributed by atoms with Gasteiger partial charge in [0.1, 0.15) is 0 Å². The highest BCUT2D eigenvalue weighted by atomic mass is 16.5. The highest BCUT2D eigenvalue weighted by Gasteiger charge is 2.08. The number of amides is 2. The number of aromatic nitrogens is 2. The molecule has 2 aromatic heterocycles. The second-order valence-electron chi connectivity index (χ2n) is 5.44. The van der Waals surface area contributed by atoms with Gasteiger partial charge in [-0.15, -0.1) is 0 Å². The molecule has 138 valence electrons. The van der Waals surface area contributed by atoms with Crippen LogP contribution >= 0.6 is 0 Å². The van der Waals surface area contributed by atoms with E-state index in [4.69, 9.17) is 9.47 Å². The van der Waals surface area contributed by atoms with E-state index in [-0.39, 0.29) is 24.7 Å². The predicted octanol–water partition coefficient (Wildman–Crippen LogP) is 2.09. The van der Waals surface area contributed by atoms with Crippen LogP contribution in [0.4, 0.5) is 11.4 Å². The number of carbonyl (C=O) groups excluding carboxylic acids is 2. The third-order valence-corrected chi connectivity index (χ3v) is 3.42. The van der Waals surface area contributed by atoms with Crippen molar-refractivity contribution in [3.05, 3.63) is 36.7 Å². The first-order chi connectivity index (χ1) is 12.6. The smallest absolute Gasteiger partial charge is 0.226 e. The Bertz CT molecular complexity index is 688. The lowest BCUT2D eigenvalue weighted by molar-refractivity contribution is -0.117. The summed E-state index contributed by atoms with van der Waals surface area (Å²) < 4.78 is 9.77. The summed E-state index contributed by atoms with van der Waals surface area (Å²) in [5, 5.41) is 5.57. The van der Waals surface area contributed by atoms with E-state index in [0.29, 0.717) is 36.0 Å². The van der Waals surface area contributed by atoms with Crippen molar-refractivity contribution in [1.82, 2.24) is 9.97 Å². The SMILES string of the molecule is COCCC(=O)Nc1ccnc(-c2cc(NC(=O)CCOC)ccn2)c1. The average molecular weight is 358 g/mol. The quantitative estimate of drug-likeness (QED) is 0.712. The van der Waals surface area contributed by atoms with Crippen molar-refractivity contribution in [3.8, 4) is 11.4 Å². The van der Waals surface area contributed by atoms with Crippen molar-refractivity contribution >= 4 is 23.2 Å². The molecule has 2 amide bonds. The number of carbonyl (C=O) groups is 2. The fourth-order valence-corrected chi connectivity index (χ4v) is 2.13. The normalized spacial score (nSPS) is 10.4. The first-order valence-electron chi connectivity index (χ1n) is 8.12. The van der Waals surface area contributed by atoms with Crippen LogP contribution < -0.4 is 10.6 Å². The maximum absolute atomic E-state index is 11.8. The van der Waals surface area contributed by atoms with Crippen LogP contribution in [0.3, 0.4) is 0 Å². The van der Waals surface area contributed by atoms with E-state index in [2.05, 4.69) is 20.6 Å². The summed E-state index contributed by atoms with van der Waals surface area (Å²) in [6.45, 7) is 0.715. The van der Waals surface area contributed by atoms with Gasteiger partial charge < -0.3 is 20.1 Å². The van der Waals surface area contributed by atoms with Crippen LogP contribution in [0.25, 0.3) is 11.4 Å². The van der Waals surface area contributed by atoms with Crippen molar-refractivity contribution in [2.75, 3.05) is 38.1 Å². The lowest BCUT2D eigenvalue weighted by Crippen LogP contribution is -2.14. The topological polar surface area (TPSA) is 102 Å². The zero-order valence-corrected chi connectivity index (χ0v) is 14.8. The summed E-state index contributed by atoms with van der Waals surface area (Å²) >= 11 is 0. The van der Waals surface area contributed by atoms with Crippen LogP contribution in [-0.4, -0.2) is 49.2 Å². The van der Waals surface area contributed by atoms with Gasteiger partial charge >= 0.3 is 0 Å². The van der Waals surface area contributed by atoms with E-state index in [1.54, 1.807) is 50.9 Å². The van der Waals surface area contributed by atoms with Crippen LogP contribution in [-0.2, 0) is 19.1 Å². The summed E-state index contributed by atoms with van der Waals surface area (Å²) in [6, 6.07) is 6.85. The number of nitrogens with one attached hydrogen (secondary N) is 2. The number of hydrogen-bond donors (Lipinski definition) is 2. The Morgan fingerprint density at radius 2 is 1.27 bits per heavy atom. The number of ether oxygens (including phenoxy) is 2. The van der Waals surface area contributed by atoms with E-state index in [9.17, 15) is 9.59 Å². The van der Waals surface area contributed by atoms with Gasteiger partial charge in [0.2, 0.25) is 11.8 Å². The van der Waals surface area contributed by atoms with E-state index in [0.717, 1.165) is 0 Å². The zero-order chi connectivity index (χ0) is 18.8. The molecule has 0 aliphatic heterocycles. The maximum Gasteiger partial charge on any atom is 0.226 e. The average Bonchev–Trinajstić information content (AvgIpc) is 2.65. The van der Waals surface area contributed by atoms with Gasteiger partial charge in [-0.2, -0.15) is 0 Å². The molecule has 2 rings (SSSR count). The van der Waals surface area contributed by atoms with E-state index >= 15 is 0 Å². The van der Waals surface area contributed by atoms with Crippen molar-refractivity contribution in [3.63, 3.8) is 0 Å². The molecule has 0 aromatic carbocycles. The first kappa shape index (κ1) is 19.5. The molecule has 0 fully saturated rings. The van der Waals surface area contributed by atoms with Gasteiger partial charge in [0.15, 0.2) is 0 Å². The monoisotopic (exact) mass is 358 g/mol. The van der Waals surface area contributed by atoms with Crippen molar-refractivity contribution in [1.29, 1.82) is 0 Å². The molecule has 0 bridgehead atoms. The van der Waals surface area contributed by atoms with Crippen LogP contribution in [0.1, 0.15) is 12.8 Å². The molecule has 0 atom stereocenters. The minimum atomic E-state index is -0.142. The Balaban J connectivity index is 2.08. The molecule has 8 heteroatoms. The Morgan fingerprint density at radius 1 is 0.846 bits per heavy atom. The highest BCUT2D eigenvalue weighted by Crippen LogP contribution is 2.21. The minimum Gasteiger partial charge on any atom is -0.384 e. The molecule has 0 saturated carbocycles. The second kappa shape index (κ2) is 10.2. The molecule has 2 aromatic rings. The second-order valence-corrected chi connectivity index (χ2v) is 5.44. The van der Waals surface area contributed by atoms with Crippen LogP contribution in [0, 0.1) is 0 Å². The maximum atomic E-state index is 11.8. The van der Waals surface area contributed by atoms with Crippen LogP contribution in [0.2, 0.25) is 0 Å². The summed E-state index contributed by atoms with van der Waals surface area (Å²) in [5.41, 5.74) is 2.41. The number of rotatable bonds is 9. The van der Waals surface area contributed by atoms with Crippen molar-refractivity contribution < 1.29 is 19.1 Å². The van der Waals surface area contributed by atoms with E-state index in [1.807, 2.05) is 0 Å². The summed E-state index contributed by atoms with van der Waals surface area (Å²) in [6.07, 6.45) is 3.73. The van der Waals surface area contributed by atoms with Crippen LogP contribution in [0.5, 0.6) is 0 Å². The van der Waals surface area contributed by atoms with Gasteiger partial charge in [0.05, 0.1) is 37.4 Å². The molecule has 0 radical (unpaired) electrons. The van der Waals surface area contributed by atoms with Crippen molar-refractivity contribution in [2.24, 2.45) is 0 Å². The van der Waals surface area contributed by atoms with Gasteiger partial charge in [-0.05, 0) is 24.3 Å². The number of nitrogens with zero attached hydrogens (tertiary/aromatic N) is 2. The van der Waals surface area contributed by atoms with Gasteiger partial charge in [0, 0.05) is 38.0 Å². The molecule has 8 nitrogen and oxygen atoms in total. The summed E-state index contributed by atoms with van der Waals surface area (Å²) in [5.74, 6) is -0.285.